The minimum absolute atomic E-state index is 0.104. The third kappa shape index (κ3) is 6.20. The molecule has 0 bridgehead atoms. The Labute approximate surface area is 123 Å². The molecule has 0 saturated carbocycles. The van der Waals surface area contributed by atoms with Gasteiger partial charge < -0.3 is 19.7 Å². The van der Waals surface area contributed by atoms with E-state index in [2.05, 4.69) is 5.32 Å². The average Bonchev–Trinajstić information content (AvgIpc) is 2.47. The van der Waals surface area contributed by atoms with Crippen LogP contribution in [0.4, 0.5) is 0 Å². The zero-order valence-electron chi connectivity index (χ0n) is 13.2. The predicted molar refractivity (Wildman–Crippen MR) is 79.8 cm³/mol. The highest BCUT2D eigenvalue weighted by Crippen LogP contribution is 2.17. The molecule has 0 aromatic rings. The van der Waals surface area contributed by atoms with Crippen molar-refractivity contribution < 1.29 is 14.3 Å². The van der Waals surface area contributed by atoms with Gasteiger partial charge in [-0.2, -0.15) is 0 Å². The number of carbonyl (C=O) groups excluding carboxylic acids is 1. The summed E-state index contributed by atoms with van der Waals surface area (Å²) in [5, 5.41) is 3.40. The van der Waals surface area contributed by atoms with E-state index in [1.165, 1.54) is 12.8 Å². The Morgan fingerprint density at radius 2 is 2.20 bits per heavy atom. The molecule has 1 amide bonds. The lowest BCUT2D eigenvalue weighted by atomic mass is 9.94. The Bertz CT molecular complexity index is 268. The van der Waals surface area contributed by atoms with Crippen LogP contribution in [0.5, 0.6) is 0 Å². The number of nitrogens with zero attached hydrogens (tertiary/aromatic N) is 1. The van der Waals surface area contributed by atoms with Crippen LogP contribution in [0.25, 0.3) is 0 Å². The topological polar surface area (TPSA) is 50.8 Å². The van der Waals surface area contributed by atoms with Crippen LogP contribution in [0.2, 0.25) is 0 Å². The molecule has 1 rings (SSSR count). The Morgan fingerprint density at radius 1 is 1.40 bits per heavy atom. The van der Waals surface area contributed by atoms with Gasteiger partial charge in [0.05, 0.1) is 19.3 Å². The number of methoxy groups -OCH3 is 2. The molecule has 0 aliphatic carbocycles. The molecular formula is C15H30N2O3. The van der Waals surface area contributed by atoms with Crippen molar-refractivity contribution in [2.45, 2.75) is 38.6 Å². The van der Waals surface area contributed by atoms with E-state index in [1.807, 2.05) is 11.8 Å². The second kappa shape index (κ2) is 10.1. The van der Waals surface area contributed by atoms with Crippen molar-refractivity contribution in [3.63, 3.8) is 0 Å². The van der Waals surface area contributed by atoms with E-state index in [1.54, 1.807) is 14.2 Å². The van der Waals surface area contributed by atoms with Gasteiger partial charge in [-0.15, -0.1) is 0 Å². The smallest absolute Gasteiger partial charge is 0.222 e. The average molecular weight is 286 g/mol. The lowest BCUT2D eigenvalue weighted by molar-refractivity contribution is -0.135. The first-order chi connectivity index (χ1) is 9.69. The van der Waals surface area contributed by atoms with Gasteiger partial charge in [0.15, 0.2) is 0 Å². The molecule has 2 atom stereocenters. The summed E-state index contributed by atoms with van der Waals surface area (Å²) in [6.07, 6.45) is 4.08. The molecule has 0 aromatic heterocycles. The normalized spacial score (nSPS) is 20.6. The van der Waals surface area contributed by atoms with Gasteiger partial charge in [-0.25, -0.2) is 0 Å². The molecule has 0 aromatic carbocycles. The molecule has 5 heteroatoms. The van der Waals surface area contributed by atoms with Gasteiger partial charge in [0.1, 0.15) is 0 Å². The SMILES string of the molecule is COCCN(C(=O)CCC1CCCNC1)C(C)COC. The predicted octanol–water partition coefficient (Wildman–Crippen LogP) is 1.28. The summed E-state index contributed by atoms with van der Waals surface area (Å²) in [6.45, 7) is 5.99. The Balaban J connectivity index is 2.40. The van der Waals surface area contributed by atoms with Gasteiger partial charge in [0.25, 0.3) is 0 Å². The molecule has 1 N–H and O–H groups in total. The molecule has 1 saturated heterocycles. The number of amides is 1. The number of piperidine rings is 1. The molecule has 0 spiro atoms. The second-order valence-corrected chi connectivity index (χ2v) is 5.64. The number of carbonyl (C=O) groups is 1. The molecular weight excluding hydrogens is 256 g/mol. The van der Waals surface area contributed by atoms with Crippen LogP contribution in [-0.4, -0.2) is 63.9 Å². The van der Waals surface area contributed by atoms with Crippen LogP contribution >= 0.6 is 0 Å². The highest BCUT2D eigenvalue weighted by molar-refractivity contribution is 5.76. The van der Waals surface area contributed by atoms with Crippen molar-refractivity contribution in [2.24, 2.45) is 5.92 Å². The molecule has 1 fully saturated rings. The zero-order chi connectivity index (χ0) is 14.8. The Hall–Kier alpha value is -0.650. The number of ether oxygens (including phenoxy) is 2. The number of hydrogen-bond donors (Lipinski definition) is 1. The highest BCUT2D eigenvalue weighted by atomic mass is 16.5. The van der Waals surface area contributed by atoms with E-state index in [9.17, 15) is 4.79 Å². The van der Waals surface area contributed by atoms with Gasteiger partial charge in [0.2, 0.25) is 5.91 Å². The summed E-state index contributed by atoms with van der Waals surface area (Å²) < 4.78 is 10.3. The van der Waals surface area contributed by atoms with Crippen LogP contribution < -0.4 is 5.32 Å². The maximum atomic E-state index is 12.4. The minimum Gasteiger partial charge on any atom is -0.383 e. The fourth-order valence-electron chi connectivity index (χ4n) is 2.75. The monoisotopic (exact) mass is 286 g/mol. The van der Waals surface area contributed by atoms with Crippen LogP contribution in [0, 0.1) is 5.92 Å². The maximum absolute atomic E-state index is 12.4. The van der Waals surface area contributed by atoms with Gasteiger partial charge in [-0.1, -0.05) is 0 Å². The molecule has 2 unspecified atom stereocenters. The van der Waals surface area contributed by atoms with Crippen molar-refractivity contribution in [1.82, 2.24) is 10.2 Å². The van der Waals surface area contributed by atoms with Crippen molar-refractivity contribution in [1.29, 1.82) is 0 Å². The van der Waals surface area contributed by atoms with Gasteiger partial charge in [0, 0.05) is 27.2 Å². The Morgan fingerprint density at radius 3 is 2.80 bits per heavy atom. The summed E-state index contributed by atoms with van der Waals surface area (Å²) in [5.74, 6) is 0.867. The van der Waals surface area contributed by atoms with E-state index < -0.39 is 0 Å². The summed E-state index contributed by atoms with van der Waals surface area (Å²) in [6, 6.07) is 0.104. The van der Waals surface area contributed by atoms with Crippen LogP contribution in [0.3, 0.4) is 0 Å². The molecule has 5 nitrogen and oxygen atoms in total. The lowest BCUT2D eigenvalue weighted by Crippen LogP contribution is -2.43. The first-order valence-electron chi connectivity index (χ1n) is 7.67. The van der Waals surface area contributed by atoms with Crippen molar-refractivity contribution in [2.75, 3.05) is 47.1 Å². The van der Waals surface area contributed by atoms with E-state index in [4.69, 9.17) is 9.47 Å². The van der Waals surface area contributed by atoms with E-state index in [0.717, 1.165) is 19.5 Å². The first-order valence-corrected chi connectivity index (χ1v) is 7.67. The summed E-state index contributed by atoms with van der Waals surface area (Å²) >= 11 is 0. The van der Waals surface area contributed by atoms with Gasteiger partial charge in [-0.05, 0) is 45.2 Å². The van der Waals surface area contributed by atoms with Crippen LogP contribution in [-0.2, 0) is 14.3 Å². The van der Waals surface area contributed by atoms with E-state index >= 15 is 0 Å². The molecule has 1 aliphatic heterocycles. The van der Waals surface area contributed by atoms with Crippen molar-refractivity contribution in [3.05, 3.63) is 0 Å². The standard InChI is InChI=1S/C15H30N2O3/c1-13(12-20-3)17(9-10-19-2)15(18)7-6-14-5-4-8-16-11-14/h13-14,16H,4-12H2,1-3H3. The molecule has 118 valence electrons. The van der Waals surface area contributed by atoms with Gasteiger partial charge in [-0.3, -0.25) is 4.79 Å². The maximum Gasteiger partial charge on any atom is 0.222 e. The first kappa shape index (κ1) is 17.4. The van der Waals surface area contributed by atoms with E-state index in [-0.39, 0.29) is 11.9 Å². The Kier molecular flexibility index (Phi) is 8.82. The van der Waals surface area contributed by atoms with Crippen LogP contribution in [0.1, 0.15) is 32.6 Å². The third-order valence-electron chi connectivity index (χ3n) is 3.96. The fourth-order valence-corrected chi connectivity index (χ4v) is 2.75. The summed E-state index contributed by atoms with van der Waals surface area (Å²) in [7, 11) is 3.33. The number of hydrogen-bond acceptors (Lipinski definition) is 4. The fraction of sp³-hybridized carbons (Fsp3) is 0.933. The lowest BCUT2D eigenvalue weighted by Gasteiger charge is -2.30. The quantitative estimate of drug-likeness (QED) is 0.693. The summed E-state index contributed by atoms with van der Waals surface area (Å²) in [5.41, 5.74) is 0. The molecule has 1 heterocycles. The summed E-state index contributed by atoms with van der Waals surface area (Å²) in [4.78, 5) is 14.3. The number of nitrogens with one attached hydrogen (secondary N) is 1. The third-order valence-corrected chi connectivity index (χ3v) is 3.96. The molecule has 0 radical (unpaired) electrons. The van der Waals surface area contributed by atoms with E-state index in [0.29, 0.717) is 32.1 Å². The van der Waals surface area contributed by atoms with Crippen molar-refractivity contribution in [3.8, 4) is 0 Å². The second-order valence-electron chi connectivity index (χ2n) is 5.64. The molecule has 1 aliphatic rings. The van der Waals surface area contributed by atoms with Crippen LogP contribution in [0.15, 0.2) is 0 Å². The van der Waals surface area contributed by atoms with Gasteiger partial charge >= 0.3 is 0 Å². The largest absolute Gasteiger partial charge is 0.383 e. The number of rotatable bonds is 9. The molecule has 20 heavy (non-hydrogen) atoms. The zero-order valence-corrected chi connectivity index (χ0v) is 13.2. The minimum atomic E-state index is 0.104. The van der Waals surface area contributed by atoms with Crippen molar-refractivity contribution >= 4 is 5.91 Å². The highest BCUT2D eigenvalue weighted by Gasteiger charge is 2.21.